The Labute approximate surface area is 169 Å². The zero-order chi connectivity index (χ0) is 20.6. The molecule has 29 heavy (non-hydrogen) atoms. The molecule has 0 unspecified atom stereocenters. The summed E-state index contributed by atoms with van der Waals surface area (Å²) in [6, 6.07) is 6.43. The number of carbonyl (C=O) groups excluding carboxylic acids is 3. The molecule has 3 amide bonds. The molecule has 0 aliphatic carbocycles. The van der Waals surface area contributed by atoms with Crippen molar-refractivity contribution in [1.29, 1.82) is 0 Å². The fraction of sp³-hybridized carbons (Fsp3) is 0.429. The summed E-state index contributed by atoms with van der Waals surface area (Å²) < 4.78 is 5.15. The summed E-state index contributed by atoms with van der Waals surface area (Å²) in [4.78, 5) is 44.8. The van der Waals surface area contributed by atoms with E-state index in [1.54, 1.807) is 28.0 Å². The highest BCUT2D eigenvalue weighted by Gasteiger charge is 2.27. The van der Waals surface area contributed by atoms with Crippen LogP contribution in [0, 0.1) is 0 Å². The molecule has 1 aliphatic rings. The number of pyridine rings is 1. The Morgan fingerprint density at radius 2 is 1.79 bits per heavy atom. The van der Waals surface area contributed by atoms with Gasteiger partial charge < -0.3 is 19.5 Å². The molecule has 0 atom stereocenters. The highest BCUT2D eigenvalue weighted by Crippen LogP contribution is 2.12. The van der Waals surface area contributed by atoms with E-state index in [1.165, 1.54) is 18.5 Å². The molecule has 2 aromatic rings. The van der Waals surface area contributed by atoms with E-state index in [-0.39, 0.29) is 23.4 Å². The van der Waals surface area contributed by atoms with Gasteiger partial charge in [-0.1, -0.05) is 19.8 Å². The molecule has 8 nitrogen and oxygen atoms in total. The van der Waals surface area contributed by atoms with E-state index in [9.17, 15) is 14.4 Å². The first kappa shape index (κ1) is 20.6. The van der Waals surface area contributed by atoms with Gasteiger partial charge in [0.1, 0.15) is 5.69 Å². The van der Waals surface area contributed by atoms with Gasteiger partial charge >= 0.3 is 0 Å². The largest absolute Gasteiger partial charge is 0.459 e. The van der Waals surface area contributed by atoms with Gasteiger partial charge in [-0.3, -0.25) is 19.4 Å². The summed E-state index contributed by atoms with van der Waals surface area (Å²) in [5.41, 5.74) is 0.656. The number of carbonyl (C=O) groups is 3. The minimum absolute atomic E-state index is 0.179. The third-order valence-corrected chi connectivity index (χ3v) is 4.89. The molecule has 2 aromatic heterocycles. The van der Waals surface area contributed by atoms with E-state index < -0.39 is 0 Å². The monoisotopic (exact) mass is 398 g/mol. The second-order valence-corrected chi connectivity index (χ2v) is 6.95. The fourth-order valence-corrected chi connectivity index (χ4v) is 3.20. The molecule has 8 heteroatoms. The van der Waals surface area contributed by atoms with Gasteiger partial charge in [0, 0.05) is 44.5 Å². The van der Waals surface area contributed by atoms with E-state index in [1.807, 2.05) is 0 Å². The molecular weight excluding hydrogens is 372 g/mol. The van der Waals surface area contributed by atoms with Crippen molar-refractivity contribution < 1.29 is 18.8 Å². The van der Waals surface area contributed by atoms with Crippen LogP contribution in [0.3, 0.4) is 0 Å². The second-order valence-electron chi connectivity index (χ2n) is 6.95. The molecule has 3 heterocycles. The van der Waals surface area contributed by atoms with E-state index >= 15 is 0 Å². The van der Waals surface area contributed by atoms with Crippen molar-refractivity contribution >= 4 is 17.7 Å². The topological polar surface area (TPSA) is 95.8 Å². The SMILES string of the molecule is CCCCCNC(=O)c1ccnc(C(=O)N2CCN(C(=O)c3ccco3)CC2)c1. The maximum absolute atomic E-state index is 12.8. The predicted octanol–water partition coefficient (Wildman–Crippen LogP) is 2.19. The first-order valence-corrected chi connectivity index (χ1v) is 9.96. The van der Waals surface area contributed by atoms with E-state index in [2.05, 4.69) is 17.2 Å². The number of unbranched alkanes of at least 4 members (excludes halogenated alkanes) is 2. The summed E-state index contributed by atoms with van der Waals surface area (Å²) in [7, 11) is 0. The predicted molar refractivity (Wildman–Crippen MR) is 107 cm³/mol. The van der Waals surface area contributed by atoms with Gasteiger partial charge in [0.25, 0.3) is 17.7 Å². The minimum atomic E-state index is -0.240. The van der Waals surface area contributed by atoms with Crippen LogP contribution in [0.15, 0.2) is 41.1 Å². The fourth-order valence-electron chi connectivity index (χ4n) is 3.20. The standard InChI is InChI=1S/C21H26N4O4/c1-2-3-4-8-23-19(26)16-7-9-22-17(15-16)20(27)24-10-12-25(13-11-24)21(28)18-6-5-14-29-18/h5-7,9,14-15H,2-4,8,10-13H2,1H3,(H,23,26). The van der Waals surface area contributed by atoms with Crippen LogP contribution in [0.5, 0.6) is 0 Å². The van der Waals surface area contributed by atoms with Crippen molar-refractivity contribution in [2.45, 2.75) is 26.2 Å². The molecule has 1 fully saturated rings. The molecular formula is C21H26N4O4. The average molecular weight is 398 g/mol. The summed E-state index contributed by atoms with van der Waals surface area (Å²) in [6.45, 7) is 4.37. The van der Waals surface area contributed by atoms with Crippen LogP contribution in [-0.4, -0.2) is 65.2 Å². The molecule has 3 rings (SSSR count). The van der Waals surface area contributed by atoms with Crippen LogP contribution in [-0.2, 0) is 0 Å². The van der Waals surface area contributed by atoms with Crippen LogP contribution in [0.25, 0.3) is 0 Å². The first-order valence-electron chi connectivity index (χ1n) is 9.96. The normalized spacial score (nSPS) is 14.0. The molecule has 0 saturated carbocycles. The van der Waals surface area contributed by atoms with E-state index in [0.717, 1.165) is 19.3 Å². The van der Waals surface area contributed by atoms with E-state index in [4.69, 9.17) is 4.42 Å². The molecule has 0 spiro atoms. The summed E-state index contributed by atoms with van der Waals surface area (Å²) >= 11 is 0. The van der Waals surface area contributed by atoms with Crippen LogP contribution in [0.2, 0.25) is 0 Å². The van der Waals surface area contributed by atoms with Crippen molar-refractivity contribution in [2.24, 2.45) is 0 Å². The second kappa shape index (κ2) is 9.86. The lowest BCUT2D eigenvalue weighted by Gasteiger charge is -2.34. The highest BCUT2D eigenvalue weighted by molar-refractivity contribution is 5.98. The van der Waals surface area contributed by atoms with Crippen molar-refractivity contribution in [3.05, 3.63) is 53.7 Å². The van der Waals surface area contributed by atoms with Gasteiger partial charge in [0.2, 0.25) is 0 Å². The number of piperazine rings is 1. The number of hydrogen-bond donors (Lipinski definition) is 1. The molecule has 0 bridgehead atoms. The molecule has 154 valence electrons. The van der Waals surface area contributed by atoms with Gasteiger partial charge in [0.15, 0.2) is 5.76 Å². The number of nitrogens with one attached hydrogen (secondary N) is 1. The number of furan rings is 1. The van der Waals surface area contributed by atoms with Crippen LogP contribution >= 0.6 is 0 Å². The molecule has 1 N–H and O–H groups in total. The summed E-state index contributed by atoms with van der Waals surface area (Å²) in [6.07, 6.45) is 6.02. The summed E-state index contributed by atoms with van der Waals surface area (Å²) in [5.74, 6) is -0.326. The van der Waals surface area contributed by atoms with Crippen LogP contribution in [0.1, 0.15) is 57.6 Å². The molecule has 1 aliphatic heterocycles. The Morgan fingerprint density at radius 3 is 2.45 bits per heavy atom. The highest BCUT2D eigenvalue weighted by atomic mass is 16.3. The third kappa shape index (κ3) is 5.22. The maximum atomic E-state index is 12.8. The lowest BCUT2D eigenvalue weighted by Crippen LogP contribution is -2.50. The zero-order valence-corrected chi connectivity index (χ0v) is 16.6. The van der Waals surface area contributed by atoms with Gasteiger partial charge in [0.05, 0.1) is 6.26 Å². The van der Waals surface area contributed by atoms with Gasteiger partial charge in [-0.05, 0) is 30.7 Å². The zero-order valence-electron chi connectivity index (χ0n) is 16.6. The lowest BCUT2D eigenvalue weighted by atomic mass is 10.2. The van der Waals surface area contributed by atoms with Crippen LogP contribution in [0.4, 0.5) is 0 Å². The Hall–Kier alpha value is -3.16. The number of amides is 3. The van der Waals surface area contributed by atoms with Crippen molar-refractivity contribution in [3.8, 4) is 0 Å². The third-order valence-electron chi connectivity index (χ3n) is 4.89. The van der Waals surface area contributed by atoms with E-state index in [0.29, 0.717) is 44.0 Å². The smallest absolute Gasteiger partial charge is 0.289 e. The molecule has 1 saturated heterocycles. The number of nitrogens with zero attached hydrogens (tertiary/aromatic N) is 3. The minimum Gasteiger partial charge on any atom is -0.459 e. The number of rotatable bonds is 7. The van der Waals surface area contributed by atoms with Crippen molar-refractivity contribution in [2.75, 3.05) is 32.7 Å². The Morgan fingerprint density at radius 1 is 1.07 bits per heavy atom. The van der Waals surface area contributed by atoms with Crippen molar-refractivity contribution in [1.82, 2.24) is 20.1 Å². The maximum Gasteiger partial charge on any atom is 0.289 e. The Kier molecular flexibility index (Phi) is 6.99. The van der Waals surface area contributed by atoms with Crippen LogP contribution < -0.4 is 5.32 Å². The van der Waals surface area contributed by atoms with Gasteiger partial charge in [-0.2, -0.15) is 0 Å². The Bertz CT molecular complexity index is 842. The number of hydrogen-bond acceptors (Lipinski definition) is 5. The molecule has 0 aromatic carbocycles. The summed E-state index contributed by atoms with van der Waals surface area (Å²) in [5, 5.41) is 2.87. The van der Waals surface area contributed by atoms with Gasteiger partial charge in [-0.25, -0.2) is 0 Å². The van der Waals surface area contributed by atoms with Gasteiger partial charge in [-0.15, -0.1) is 0 Å². The quantitative estimate of drug-likeness (QED) is 0.722. The average Bonchev–Trinajstić information content (AvgIpc) is 3.31. The van der Waals surface area contributed by atoms with Crippen molar-refractivity contribution in [3.63, 3.8) is 0 Å². The first-order chi connectivity index (χ1) is 14.1. The lowest BCUT2D eigenvalue weighted by molar-refractivity contribution is 0.0515. The Balaban J connectivity index is 1.55. The molecule has 0 radical (unpaired) electrons. The number of aromatic nitrogens is 1.